The lowest BCUT2D eigenvalue weighted by Gasteiger charge is -2.10. The predicted octanol–water partition coefficient (Wildman–Crippen LogP) is 5.02. The highest BCUT2D eigenvalue weighted by Gasteiger charge is 2.15. The lowest BCUT2D eigenvalue weighted by Crippen LogP contribution is -2.02. The number of hydrogen-bond donors (Lipinski definition) is 0. The van der Waals surface area contributed by atoms with E-state index >= 15 is 0 Å². The van der Waals surface area contributed by atoms with Crippen molar-refractivity contribution in [2.75, 3.05) is 5.88 Å². The Balaban J connectivity index is 2.30. The fourth-order valence-corrected chi connectivity index (χ4v) is 2.91. The third-order valence-corrected chi connectivity index (χ3v) is 4.48. The second kappa shape index (κ2) is 5.78. The molecule has 3 rings (SSSR count). The minimum Gasteiger partial charge on any atom is -0.296 e. The quantitative estimate of drug-likeness (QED) is 0.595. The van der Waals surface area contributed by atoms with Crippen LogP contribution in [0.5, 0.6) is 0 Å². The number of para-hydroxylation sites is 1. The van der Waals surface area contributed by atoms with Crippen molar-refractivity contribution in [3.63, 3.8) is 0 Å². The Hall–Kier alpha value is -1.39. The predicted molar refractivity (Wildman–Crippen MR) is 87.9 cm³/mol. The average Bonchev–Trinajstić information content (AvgIpc) is 2.82. The van der Waals surface area contributed by atoms with E-state index in [1.165, 1.54) is 6.07 Å². The molecule has 21 heavy (non-hydrogen) atoms. The third-order valence-electron chi connectivity index (χ3n) is 3.44. The maximum Gasteiger partial charge on any atom is 0.151 e. The van der Waals surface area contributed by atoms with Crippen LogP contribution in [0.15, 0.2) is 40.9 Å². The van der Waals surface area contributed by atoms with Crippen molar-refractivity contribution < 1.29 is 4.39 Å². The molecule has 0 amide bonds. The van der Waals surface area contributed by atoms with Crippen LogP contribution in [0, 0.1) is 12.7 Å². The summed E-state index contributed by atoms with van der Waals surface area (Å²) in [5, 5.41) is 0. The van der Waals surface area contributed by atoms with Gasteiger partial charge >= 0.3 is 0 Å². The third kappa shape index (κ3) is 2.58. The van der Waals surface area contributed by atoms with Crippen LogP contribution in [0.4, 0.5) is 4.39 Å². The van der Waals surface area contributed by atoms with Crippen molar-refractivity contribution in [2.45, 2.75) is 13.3 Å². The molecule has 0 bridgehead atoms. The van der Waals surface area contributed by atoms with Crippen LogP contribution in [0.2, 0.25) is 0 Å². The van der Waals surface area contributed by atoms with E-state index in [9.17, 15) is 4.39 Å². The highest BCUT2D eigenvalue weighted by Crippen LogP contribution is 2.27. The summed E-state index contributed by atoms with van der Waals surface area (Å²) in [5.74, 6) is 0.895. The topological polar surface area (TPSA) is 17.8 Å². The smallest absolute Gasteiger partial charge is 0.151 e. The van der Waals surface area contributed by atoms with Crippen LogP contribution in [0.25, 0.3) is 16.7 Å². The Morgan fingerprint density at radius 2 is 2.10 bits per heavy atom. The SMILES string of the molecule is Cc1ccc(-n2c(CCCl)nc3c(F)cccc32)cc1Br. The second-order valence-electron chi connectivity index (χ2n) is 4.84. The molecule has 0 aliphatic heterocycles. The van der Waals surface area contributed by atoms with Crippen LogP contribution in [-0.4, -0.2) is 15.4 Å². The molecule has 0 spiro atoms. The van der Waals surface area contributed by atoms with Gasteiger partial charge in [-0.2, -0.15) is 0 Å². The number of alkyl halides is 1. The summed E-state index contributed by atoms with van der Waals surface area (Å²) < 4.78 is 16.9. The summed E-state index contributed by atoms with van der Waals surface area (Å²) in [4.78, 5) is 4.42. The Kier molecular flexibility index (Phi) is 4.00. The zero-order chi connectivity index (χ0) is 15.0. The van der Waals surface area contributed by atoms with E-state index in [4.69, 9.17) is 11.6 Å². The Morgan fingerprint density at radius 1 is 1.29 bits per heavy atom. The maximum atomic E-state index is 14.0. The summed E-state index contributed by atoms with van der Waals surface area (Å²) in [5.41, 5.74) is 3.23. The average molecular weight is 368 g/mol. The van der Waals surface area contributed by atoms with Crippen molar-refractivity contribution in [1.29, 1.82) is 0 Å². The first-order valence-electron chi connectivity index (χ1n) is 6.60. The van der Waals surface area contributed by atoms with Crippen LogP contribution in [-0.2, 0) is 6.42 Å². The molecule has 1 aromatic heterocycles. The van der Waals surface area contributed by atoms with Gasteiger partial charge in [-0.15, -0.1) is 11.6 Å². The molecule has 0 N–H and O–H groups in total. The molecule has 5 heteroatoms. The normalized spacial score (nSPS) is 11.2. The zero-order valence-corrected chi connectivity index (χ0v) is 13.7. The van der Waals surface area contributed by atoms with Gasteiger partial charge in [0.2, 0.25) is 0 Å². The highest BCUT2D eigenvalue weighted by atomic mass is 79.9. The summed E-state index contributed by atoms with van der Waals surface area (Å²) in [6, 6.07) is 11.0. The van der Waals surface area contributed by atoms with Gasteiger partial charge in [0, 0.05) is 22.5 Å². The van der Waals surface area contributed by atoms with Gasteiger partial charge in [-0.1, -0.05) is 28.1 Å². The molecule has 0 unspecified atom stereocenters. The van der Waals surface area contributed by atoms with Gasteiger partial charge in [0.05, 0.1) is 5.52 Å². The van der Waals surface area contributed by atoms with E-state index in [1.807, 2.05) is 35.8 Å². The second-order valence-corrected chi connectivity index (χ2v) is 6.08. The summed E-state index contributed by atoms with van der Waals surface area (Å²) >= 11 is 9.40. The first kappa shape index (κ1) is 14.5. The van der Waals surface area contributed by atoms with Gasteiger partial charge in [0.1, 0.15) is 11.3 Å². The number of aryl methyl sites for hydroxylation is 2. The van der Waals surface area contributed by atoms with Crippen LogP contribution in [0.1, 0.15) is 11.4 Å². The molecule has 2 nitrogen and oxygen atoms in total. The molecule has 0 aliphatic carbocycles. The molecule has 0 radical (unpaired) electrons. The maximum absolute atomic E-state index is 14.0. The molecule has 0 aliphatic rings. The van der Waals surface area contributed by atoms with Crippen LogP contribution in [0.3, 0.4) is 0 Å². The summed E-state index contributed by atoms with van der Waals surface area (Å²) in [6.45, 7) is 2.03. The first-order chi connectivity index (χ1) is 10.1. The molecule has 0 saturated heterocycles. The minimum atomic E-state index is -0.312. The molecule has 108 valence electrons. The van der Waals surface area contributed by atoms with Crippen molar-refractivity contribution in [1.82, 2.24) is 9.55 Å². The highest BCUT2D eigenvalue weighted by molar-refractivity contribution is 9.10. The van der Waals surface area contributed by atoms with Gasteiger partial charge in [0.15, 0.2) is 5.82 Å². The van der Waals surface area contributed by atoms with Gasteiger partial charge < -0.3 is 0 Å². The number of fused-ring (bicyclic) bond motifs is 1. The standard InChI is InChI=1S/C16H13BrClFN2/c1-10-5-6-11(9-12(10)17)21-14-4-2-3-13(19)16(14)20-15(21)7-8-18/h2-6,9H,7-8H2,1H3. The van der Waals surface area contributed by atoms with Crippen LogP contribution < -0.4 is 0 Å². The zero-order valence-electron chi connectivity index (χ0n) is 11.4. The van der Waals surface area contributed by atoms with E-state index in [-0.39, 0.29) is 5.82 Å². The summed E-state index contributed by atoms with van der Waals surface area (Å²) in [6.07, 6.45) is 0.584. The lowest BCUT2D eigenvalue weighted by atomic mass is 10.2. The number of imidazole rings is 1. The Bertz CT molecular complexity index is 813. The molecule has 3 aromatic rings. The van der Waals surface area contributed by atoms with Crippen molar-refractivity contribution in [3.8, 4) is 5.69 Å². The Morgan fingerprint density at radius 3 is 2.81 bits per heavy atom. The minimum absolute atomic E-state index is 0.312. The monoisotopic (exact) mass is 366 g/mol. The van der Waals surface area contributed by atoms with E-state index in [1.54, 1.807) is 6.07 Å². The van der Waals surface area contributed by atoms with E-state index < -0.39 is 0 Å². The molecule has 2 aromatic carbocycles. The molecular weight excluding hydrogens is 355 g/mol. The van der Waals surface area contributed by atoms with Gasteiger partial charge in [0.25, 0.3) is 0 Å². The van der Waals surface area contributed by atoms with Crippen molar-refractivity contribution in [3.05, 3.63) is 58.1 Å². The van der Waals surface area contributed by atoms with E-state index in [0.717, 1.165) is 27.1 Å². The van der Waals surface area contributed by atoms with Gasteiger partial charge in [-0.25, -0.2) is 9.37 Å². The molecule has 0 atom stereocenters. The largest absolute Gasteiger partial charge is 0.296 e. The first-order valence-corrected chi connectivity index (χ1v) is 7.93. The number of aromatic nitrogens is 2. The molecule has 0 saturated carbocycles. The van der Waals surface area contributed by atoms with Crippen molar-refractivity contribution in [2.24, 2.45) is 0 Å². The molecular formula is C16H13BrClFN2. The lowest BCUT2D eigenvalue weighted by molar-refractivity contribution is 0.637. The van der Waals surface area contributed by atoms with Gasteiger partial charge in [-0.05, 0) is 36.8 Å². The fourth-order valence-electron chi connectivity index (χ4n) is 2.37. The molecule has 1 heterocycles. The fraction of sp³-hybridized carbons (Fsp3) is 0.188. The van der Waals surface area contributed by atoms with Gasteiger partial charge in [-0.3, -0.25) is 4.57 Å². The van der Waals surface area contributed by atoms with E-state index in [2.05, 4.69) is 20.9 Å². The number of rotatable bonds is 3. The van der Waals surface area contributed by atoms with Crippen molar-refractivity contribution >= 4 is 38.6 Å². The number of hydrogen-bond acceptors (Lipinski definition) is 1. The number of halogens is 3. The van der Waals surface area contributed by atoms with E-state index in [0.29, 0.717) is 17.8 Å². The number of benzene rings is 2. The number of nitrogens with zero attached hydrogens (tertiary/aromatic N) is 2. The van der Waals surface area contributed by atoms with Crippen LogP contribution >= 0.6 is 27.5 Å². The summed E-state index contributed by atoms with van der Waals surface area (Å²) in [7, 11) is 0. The molecule has 0 fully saturated rings. The Labute approximate surface area is 135 Å².